The van der Waals surface area contributed by atoms with Gasteiger partial charge in [-0.3, -0.25) is 14.5 Å². The molecule has 3 atom stereocenters. The van der Waals surface area contributed by atoms with Crippen LogP contribution in [0.15, 0.2) is 30.3 Å². The monoisotopic (exact) mass is 415 g/mol. The van der Waals surface area contributed by atoms with E-state index in [1.54, 1.807) is 0 Å². The SMILES string of the molecule is O=C1NC[C@@H](CCC(=O)N2CCCC2)N2C[C@H](NC(=S)Nc3ccccc3)C[C@@H]12. The van der Waals surface area contributed by atoms with E-state index in [9.17, 15) is 9.59 Å². The molecular formula is C21H29N5O2S. The minimum Gasteiger partial charge on any atom is -0.358 e. The Bertz CT molecular complexity index is 753. The number of amides is 2. The molecule has 0 bridgehead atoms. The second kappa shape index (κ2) is 9.09. The van der Waals surface area contributed by atoms with Crippen molar-refractivity contribution in [3.8, 4) is 0 Å². The van der Waals surface area contributed by atoms with E-state index in [2.05, 4.69) is 20.9 Å². The van der Waals surface area contributed by atoms with E-state index in [0.29, 0.717) is 18.1 Å². The number of piperazine rings is 1. The molecule has 4 rings (SSSR count). The van der Waals surface area contributed by atoms with Crippen molar-refractivity contribution in [1.82, 2.24) is 20.4 Å². The molecule has 0 radical (unpaired) electrons. The Kier molecular flexibility index (Phi) is 6.30. The van der Waals surface area contributed by atoms with Gasteiger partial charge in [-0.2, -0.15) is 0 Å². The summed E-state index contributed by atoms with van der Waals surface area (Å²) in [6.07, 6.45) is 4.29. The standard InChI is InChI=1S/C21H29N5O2S/c27-19(25-10-4-5-11-25)9-8-17-13-22-20(28)18-12-16(14-26(17)18)24-21(29)23-15-6-2-1-3-7-15/h1-3,6-7,16-18H,4-5,8-14H2,(H,22,28)(H2,23,24,29)/t16-,17-,18+/m1/s1. The number of fused-ring (bicyclic) bond motifs is 1. The van der Waals surface area contributed by atoms with Gasteiger partial charge in [0, 0.05) is 50.4 Å². The van der Waals surface area contributed by atoms with Crippen molar-refractivity contribution in [2.24, 2.45) is 0 Å². The Morgan fingerprint density at radius 1 is 1.21 bits per heavy atom. The van der Waals surface area contributed by atoms with Crippen LogP contribution in [0.25, 0.3) is 0 Å². The third kappa shape index (κ3) is 4.87. The number of rotatable bonds is 5. The van der Waals surface area contributed by atoms with Gasteiger partial charge >= 0.3 is 0 Å². The molecule has 3 aliphatic heterocycles. The molecule has 0 unspecified atom stereocenters. The number of anilines is 1. The van der Waals surface area contributed by atoms with Gasteiger partial charge in [0.15, 0.2) is 5.11 Å². The number of nitrogens with one attached hydrogen (secondary N) is 3. The largest absolute Gasteiger partial charge is 0.358 e. The third-order valence-corrected chi connectivity index (χ3v) is 6.36. The van der Waals surface area contributed by atoms with Gasteiger partial charge in [0.2, 0.25) is 11.8 Å². The average molecular weight is 416 g/mol. The average Bonchev–Trinajstić information content (AvgIpc) is 3.38. The number of hydrogen-bond acceptors (Lipinski definition) is 4. The van der Waals surface area contributed by atoms with E-state index < -0.39 is 0 Å². The number of benzene rings is 1. The van der Waals surface area contributed by atoms with Crippen LogP contribution in [-0.2, 0) is 9.59 Å². The second-order valence-corrected chi connectivity index (χ2v) is 8.54. The number of hydrogen-bond donors (Lipinski definition) is 3. The molecule has 2 amide bonds. The first-order valence-corrected chi connectivity index (χ1v) is 10.9. The fraction of sp³-hybridized carbons (Fsp3) is 0.571. The van der Waals surface area contributed by atoms with Gasteiger partial charge in [-0.05, 0) is 50.0 Å². The summed E-state index contributed by atoms with van der Waals surface area (Å²) >= 11 is 5.45. The summed E-state index contributed by atoms with van der Waals surface area (Å²) in [5.74, 6) is 0.330. The highest BCUT2D eigenvalue weighted by Crippen LogP contribution is 2.26. The van der Waals surface area contributed by atoms with E-state index >= 15 is 0 Å². The molecule has 7 nitrogen and oxygen atoms in total. The van der Waals surface area contributed by atoms with Crippen LogP contribution in [0, 0.1) is 0 Å². The smallest absolute Gasteiger partial charge is 0.237 e. The lowest BCUT2D eigenvalue weighted by Crippen LogP contribution is -2.58. The van der Waals surface area contributed by atoms with Gasteiger partial charge in [-0.25, -0.2) is 0 Å². The van der Waals surface area contributed by atoms with Crippen LogP contribution in [0.2, 0.25) is 0 Å². The van der Waals surface area contributed by atoms with Crippen molar-refractivity contribution in [2.75, 3.05) is 31.5 Å². The van der Waals surface area contributed by atoms with Gasteiger partial charge in [0.25, 0.3) is 0 Å². The van der Waals surface area contributed by atoms with E-state index in [-0.39, 0.29) is 29.9 Å². The first-order chi connectivity index (χ1) is 14.1. The predicted octanol–water partition coefficient (Wildman–Crippen LogP) is 1.32. The minimum atomic E-state index is -0.146. The molecule has 29 heavy (non-hydrogen) atoms. The minimum absolute atomic E-state index is 0.0818. The molecule has 1 aromatic carbocycles. The van der Waals surface area contributed by atoms with Crippen molar-refractivity contribution in [1.29, 1.82) is 0 Å². The Balaban J connectivity index is 1.30. The molecule has 8 heteroatoms. The van der Waals surface area contributed by atoms with Crippen LogP contribution < -0.4 is 16.0 Å². The summed E-state index contributed by atoms with van der Waals surface area (Å²) in [5.41, 5.74) is 0.941. The number of carbonyl (C=O) groups is 2. The zero-order valence-electron chi connectivity index (χ0n) is 16.6. The first kappa shape index (κ1) is 20.1. The summed E-state index contributed by atoms with van der Waals surface area (Å²) in [4.78, 5) is 29.0. The van der Waals surface area contributed by atoms with Crippen LogP contribution in [-0.4, -0.2) is 71.0 Å². The van der Waals surface area contributed by atoms with E-state index in [1.165, 1.54) is 0 Å². The van der Waals surface area contributed by atoms with E-state index in [1.807, 2.05) is 35.2 Å². The van der Waals surface area contributed by atoms with Gasteiger partial charge in [0.05, 0.1) is 6.04 Å². The fourth-order valence-corrected chi connectivity index (χ4v) is 4.92. The van der Waals surface area contributed by atoms with Crippen molar-refractivity contribution < 1.29 is 9.59 Å². The lowest BCUT2D eigenvalue weighted by atomic mass is 10.0. The van der Waals surface area contributed by atoms with E-state index in [0.717, 1.165) is 51.0 Å². The normalized spacial score (nSPS) is 26.7. The molecule has 156 valence electrons. The summed E-state index contributed by atoms with van der Waals surface area (Å²) in [5, 5.41) is 10.2. The molecule has 0 spiro atoms. The zero-order valence-corrected chi connectivity index (χ0v) is 17.4. The summed E-state index contributed by atoms with van der Waals surface area (Å²) in [7, 11) is 0. The van der Waals surface area contributed by atoms with Crippen molar-refractivity contribution >= 4 is 34.8 Å². The topological polar surface area (TPSA) is 76.7 Å². The van der Waals surface area contributed by atoms with E-state index in [4.69, 9.17) is 12.2 Å². The first-order valence-electron chi connectivity index (χ1n) is 10.5. The highest BCUT2D eigenvalue weighted by Gasteiger charge is 2.43. The Morgan fingerprint density at radius 2 is 1.97 bits per heavy atom. The number of para-hydroxylation sites is 1. The molecule has 0 aliphatic carbocycles. The Morgan fingerprint density at radius 3 is 2.72 bits per heavy atom. The van der Waals surface area contributed by atoms with Crippen LogP contribution >= 0.6 is 12.2 Å². The van der Waals surface area contributed by atoms with Gasteiger partial charge in [-0.1, -0.05) is 18.2 Å². The summed E-state index contributed by atoms with van der Waals surface area (Å²) < 4.78 is 0. The molecule has 3 aliphatic rings. The quantitative estimate of drug-likeness (QED) is 0.630. The van der Waals surface area contributed by atoms with Crippen LogP contribution in [0.5, 0.6) is 0 Å². The van der Waals surface area contributed by atoms with Gasteiger partial charge in [-0.15, -0.1) is 0 Å². The Hall–Kier alpha value is -2.19. The zero-order chi connectivity index (χ0) is 20.2. The molecule has 0 saturated carbocycles. The third-order valence-electron chi connectivity index (χ3n) is 6.14. The number of thiocarbonyl (C=S) groups is 1. The lowest BCUT2D eigenvalue weighted by molar-refractivity contribution is -0.131. The maximum absolute atomic E-state index is 12.4. The lowest BCUT2D eigenvalue weighted by Gasteiger charge is -2.37. The molecule has 3 fully saturated rings. The molecule has 1 aromatic rings. The molecular weight excluding hydrogens is 386 g/mol. The Labute approximate surface area is 177 Å². The van der Waals surface area contributed by atoms with Crippen LogP contribution in [0.1, 0.15) is 32.1 Å². The maximum Gasteiger partial charge on any atom is 0.237 e. The predicted molar refractivity (Wildman–Crippen MR) is 117 cm³/mol. The second-order valence-electron chi connectivity index (χ2n) is 8.14. The molecule has 3 N–H and O–H groups in total. The van der Waals surface area contributed by atoms with Crippen LogP contribution in [0.4, 0.5) is 5.69 Å². The van der Waals surface area contributed by atoms with Gasteiger partial charge < -0.3 is 20.9 Å². The number of carbonyl (C=O) groups excluding carboxylic acids is 2. The summed E-state index contributed by atoms with van der Waals surface area (Å²) in [6.45, 7) is 3.16. The van der Waals surface area contributed by atoms with Crippen molar-refractivity contribution in [2.45, 2.75) is 50.2 Å². The highest BCUT2D eigenvalue weighted by atomic mass is 32.1. The van der Waals surface area contributed by atoms with Crippen molar-refractivity contribution in [3.05, 3.63) is 30.3 Å². The molecule has 3 saturated heterocycles. The molecule has 3 heterocycles. The summed E-state index contributed by atoms with van der Waals surface area (Å²) in [6, 6.07) is 9.98. The van der Waals surface area contributed by atoms with Crippen LogP contribution in [0.3, 0.4) is 0 Å². The number of likely N-dealkylation sites (tertiary alicyclic amines) is 1. The number of nitrogens with zero attached hydrogens (tertiary/aromatic N) is 2. The highest BCUT2D eigenvalue weighted by molar-refractivity contribution is 7.80. The van der Waals surface area contributed by atoms with Gasteiger partial charge in [0.1, 0.15) is 0 Å². The fourth-order valence-electron chi connectivity index (χ4n) is 4.64. The van der Waals surface area contributed by atoms with Crippen molar-refractivity contribution in [3.63, 3.8) is 0 Å². The molecule has 0 aromatic heterocycles. The maximum atomic E-state index is 12.4.